The van der Waals surface area contributed by atoms with E-state index in [4.69, 9.17) is 4.74 Å². The van der Waals surface area contributed by atoms with Gasteiger partial charge in [0.15, 0.2) is 0 Å². The van der Waals surface area contributed by atoms with E-state index in [0.29, 0.717) is 18.2 Å². The Kier molecular flexibility index (Phi) is 5.24. The number of fused-ring (bicyclic) bond motifs is 1. The number of piperidine rings is 1. The predicted molar refractivity (Wildman–Crippen MR) is 120 cm³/mol. The molecule has 2 aromatic heterocycles. The maximum absolute atomic E-state index is 5.92. The molecule has 0 aliphatic carbocycles. The number of aromatic nitrogens is 2. The third-order valence-corrected chi connectivity index (χ3v) is 7.19. The summed E-state index contributed by atoms with van der Waals surface area (Å²) in [6.07, 6.45) is 4.75. The Hall–Kier alpha value is -2.02. The fraction of sp³-hybridized carbons (Fsp3) is 0.478. The van der Waals surface area contributed by atoms with Gasteiger partial charge in [0, 0.05) is 37.1 Å². The summed E-state index contributed by atoms with van der Waals surface area (Å²) >= 11 is 1.75. The molecule has 0 unspecified atom stereocenters. The van der Waals surface area contributed by atoms with Crippen LogP contribution in [0.5, 0.6) is 0 Å². The SMILES string of the molecule is C[C@@H]1CN(C2CCN(c3ncnc4sc(-c5ccccc5)cc34)CC2)C[C@@H](C)O1. The van der Waals surface area contributed by atoms with Crippen molar-refractivity contribution in [3.63, 3.8) is 0 Å². The Morgan fingerprint density at radius 3 is 2.45 bits per heavy atom. The molecule has 29 heavy (non-hydrogen) atoms. The van der Waals surface area contributed by atoms with E-state index in [9.17, 15) is 0 Å². The molecular weight excluding hydrogens is 380 g/mol. The fourth-order valence-corrected chi connectivity index (χ4v) is 5.80. The van der Waals surface area contributed by atoms with Crippen molar-refractivity contribution in [1.29, 1.82) is 0 Å². The maximum atomic E-state index is 5.92. The van der Waals surface area contributed by atoms with E-state index in [1.54, 1.807) is 17.7 Å². The first-order chi connectivity index (χ1) is 14.2. The zero-order valence-corrected chi connectivity index (χ0v) is 17.9. The molecule has 2 aliphatic rings. The zero-order chi connectivity index (χ0) is 19.8. The van der Waals surface area contributed by atoms with E-state index in [0.717, 1.165) is 36.8 Å². The molecule has 152 valence electrons. The molecular formula is C23H28N4OS. The molecule has 2 aliphatic heterocycles. The van der Waals surface area contributed by atoms with Crippen molar-refractivity contribution in [3.05, 3.63) is 42.7 Å². The van der Waals surface area contributed by atoms with Crippen molar-refractivity contribution < 1.29 is 4.74 Å². The molecule has 0 radical (unpaired) electrons. The Morgan fingerprint density at radius 2 is 1.72 bits per heavy atom. The molecule has 0 amide bonds. The van der Waals surface area contributed by atoms with Gasteiger partial charge in [0.05, 0.1) is 17.6 Å². The number of morpholine rings is 1. The lowest BCUT2D eigenvalue weighted by Gasteiger charge is -2.43. The average molecular weight is 409 g/mol. The second-order valence-corrected chi connectivity index (χ2v) is 9.35. The van der Waals surface area contributed by atoms with Gasteiger partial charge >= 0.3 is 0 Å². The number of thiophene rings is 1. The minimum absolute atomic E-state index is 0.334. The Morgan fingerprint density at radius 1 is 1.00 bits per heavy atom. The van der Waals surface area contributed by atoms with Crippen LogP contribution < -0.4 is 4.90 Å². The number of rotatable bonds is 3. The largest absolute Gasteiger partial charge is 0.373 e. The number of ether oxygens (including phenoxy) is 1. The van der Waals surface area contributed by atoms with Gasteiger partial charge in [-0.25, -0.2) is 9.97 Å². The maximum Gasteiger partial charge on any atom is 0.140 e. The second-order valence-electron chi connectivity index (χ2n) is 8.32. The van der Waals surface area contributed by atoms with Crippen LogP contribution in [-0.4, -0.2) is 59.3 Å². The van der Waals surface area contributed by atoms with Crippen molar-refractivity contribution in [1.82, 2.24) is 14.9 Å². The van der Waals surface area contributed by atoms with Gasteiger partial charge in [-0.15, -0.1) is 11.3 Å². The summed E-state index contributed by atoms with van der Waals surface area (Å²) in [5.74, 6) is 1.09. The van der Waals surface area contributed by atoms with Crippen LogP contribution in [0.3, 0.4) is 0 Å². The summed E-state index contributed by atoms with van der Waals surface area (Å²) in [7, 11) is 0. The van der Waals surface area contributed by atoms with Gasteiger partial charge < -0.3 is 9.64 Å². The topological polar surface area (TPSA) is 41.5 Å². The van der Waals surface area contributed by atoms with Gasteiger partial charge in [0.1, 0.15) is 17.0 Å². The molecule has 4 heterocycles. The monoisotopic (exact) mass is 408 g/mol. The van der Waals surface area contributed by atoms with E-state index in [1.807, 2.05) is 0 Å². The van der Waals surface area contributed by atoms with Gasteiger partial charge in [-0.2, -0.15) is 0 Å². The van der Waals surface area contributed by atoms with Crippen molar-refractivity contribution in [2.45, 2.75) is 44.9 Å². The lowest BCUT2D eigenvalue weighted by molar-refractivity contribution is -0.0826. The molecule has 6 heteroatoms. The highest BCUT2D eigenvalue weighted by molar-refractivity contribution is 7.21. The standard InChI is InChI=1S/C23H28N4OS/c1-16-13-27(14-17(2)28-16)19-8-10-26(11-9-19)22-20-12-21(18-6-4-3-5-7-18)29-23(20)25-15-24-22/h3-7,12,15-17,19H,8-11,13-14H2,1-2H3/t16-,17-/m1/s1. The molecule has 1 aromatic carbocycles. The van der Waals surface area contributed by atoms with Crippen molar-refractivity contribution in [2.24, 2.45) is 0 Å². The summed E-state index contributed by atoms with van der Waals surface area (Å²) in [5, 5.41) is 1.18. The summed E-state index contributed by atoms with van der Waals surface area (Å²) in [5.41, 5.74) is 1.25. The molecule has 5 nitrogen and oxygen atoms in total. The molecule has 2 saturated heterocycles. The molecule has 0 saturated carbocycles. The molecule has 0 bridgehead atoms. The van der Waals surface area contributed by atoms with Crippen LogP contribution in [0.25, 0.3) is 20.7 Å². The lowest BCUT2D eigenvalue weighted by atomic mass is 10.0. The molecule has 0 spiro atoms. The molecule has 5 rings (SSSR count). The smallest absolute Gasteiger partial charge is 0.140 e. The third-order valence-electron chi connectivity index (χ3n) is 6.09. The highest BCUT2D eigenvalue weighted by Gasteiger charge is 2.31. The first-order valence-electron chi connectivity index (χ1n) is 10.6. The Bertz CT molecular complexity index is 957. The molecule has 3 aromatic rings. The average Bonchev–Trinajstić information content (AvgIpc) is 3.18. The van der Waals surface area contributed by atoms with Crippen LogP contribution in [0.4, 0.5) is 5.82 Å². The number of benzene rings is 1. The van der Waals surface area contributed by atoms with Crippen molar-refractivity contribution >= 4 is 27.4 Å². The number of hydrogen-bond donors (Lipinski definition) is 0. The van der Waals surface area contributed by atoms with E-state index >= 15 is 0 Å². The highest BCUT2D eigenvalue weighted by atomic mass is 32.1. The molecule has 0 N–H and O–H groups in total. The van der Waals surface area contributed by atoms with E-state index < -0.39 is 0 Å². The van der Waals surface area contributed by atoms with Gasteiger partial charge in [0.2, 0.25) is 0 Å². The summed E-state index contributed by atoms with van der Waals surface area (Å²) in [6.45, 7) is 8.59. The normalized spacial score (nSPS) is 24.3. The van der Waals surface area contributed by atoms with E-state index in [2.05, 4.69) is 70.0 Å². The van der Waals surface area contributed by atoms with Crippen molar-refractivity contribution in [2.75, 3.05) is 31.1 Å². The Balaban J connectivity index is 1.34. The quantitative estimate of drug-likeness (QED) is 0.641. The summed E-state index contributed by atoms with van der Waals surface area (Å²) in [6, 6.07) is 13.5. The molecule has 2 fully saturated rings. The van der Waals surface area contributed by atoms with Crippen LogP contribution in [0, 0.1) is 0 Å². The fourth-order valence-electron chi connectivity index (χ4n) is 4.80. The minimum Gasteiger partial charge on any atom is -0.373 e. The third kappa shape index (κ3) is 3.89. The summed E-state index contributed by atoms with van der Waals surface area (Å²) in [4.78, 5) is 16.7. The van der Waals surface area contributed by atoms with Crippen LogP contribution in [0.15, 0.2) is 42.7 Å². The van der Waals surface area contributed by atoms with Gasteiger partial charge in [-0.3, -0.25) is 4.90 Å². The van der Waals surface area contributed by atoms with Gasteiger partial charge in [-0.1, -0.05) is 30.3 Å². The second kappa shape index (κ2) is 8.01. The summed E-state index contributed by atoms with van der Waals surface area (Å²) < 4.78 is 5.92. The van der Waals surface area contributed by atoms with Crippen LogP contribution in [-0.2, 0) is 4.74 Å². The first kappa shape index (κ1) is 19.0. The first-order valence-corrected chi connectivity index (χ1v) is 11.4. The zero-order valence-electron chi connectivity index (χ0n) is 17.1. The van der Waals surface area contributed by atoms with Crippen LogP contribution >= 0.6 is 11.3 Å². The van der Waals surface area contributed by atoms with Crippen LogP contribution in [0.1, 0.15) is 26.7 Å². The Labute approximate surface area is 176 Å². The van der Waals surface area contributed by atoms with Gasteiger partial charge in [-0.05, 0) is 38.3 Å². The molecule has 2 atom stereocenters. The number of anilines is 1. The number of nitrogens with zero attached hydrogens (tertiary/aromatic N) is 4. The van der Waals surface area contributed by atoms with Crippen molar-refractivity contribution in [3.8, 4) is 10.4 Å². The lowest BCUT2D eigenvalue weighted by Crippen LogP contribution is -2.53. The predicted octanol–water partition coefficient (Wildman–Crippen LogP) is 4.44. The highest BCUT2D eigenvalue weighted by Crippen LogP contribution is 2.37. The van der Waals surface area contributed by atoms with E-state index in [1.165, 1.54) is 28.7 Å². The number of hydrogen-bond acceptors (Lipinski definition) is 6. The minimum atomic E-state index is 0.334. The van der Waals surface area contributed by atoms with Gasteiger partial charge in [0.25, 0.3) is 0 Å². The van der Waals surface area contributed by atoms with Crippen LogP contribution in [0.2, 0.25) is 0 Å². The van der Waals surface area contributed by atoms with E-state index in [-0.39, 0.29) is 0 Å².